The van der Waals surface area contributed by atoms with Gasteiger partial charge in [0.2, 0.25) is 12.5 Å². The zero-order valence-electron chi connectivity index (χ0n) is 13.9. The fourth-order valence-electron chi connectivity index (χ4n) is 2.63. The first-order chi connectivity index (χ1) is 11.6. The van der Waals surface area contributed by atoms with Crippen LogP contribution in [0.25, 0.3) is 0 Å². The van der Waals surface area contributed by atoms with Gasteiger partial charge in [0.1, 0.15) is 0 Å². The summed E-state index contributed by atoms with van der Waals surface area (Å²) in [6, 6.07) is 8.76. The maximum Gasteiger partial charge on any atom is 0.231 e. The Bertz CT molecular complexity index is 735. The normalized spacial score (nSPS) is 13.7. The van der Waals surface area contributed by atoms with Crippen molar-refractivity contribution in [1.29, 1.82) is 0 Å². The van der Waals surface area contributed by atoms with Crippen LogP contribution < -0.4 is 24.3 Å². The van der Waals surface area contributed by atoms with E-state index in [4.69, 9.17) is 18.9 Å². The molecular formula is C18H20FNO4. The van der Waals surface area contributed by atoms with Gasteiger partial charge in [-0.1, -0.05) is 6.07 Å². The number of benzene rings is 2. The quantitative estimate of drug-likeness (QED) is 0.878. The van der Waals surface area contributed by atoms with Crippen LogP contribution in [0.15, 0.2) is 30.3 Å². The summed E-state index contributed by atoms with van der Waals surface area (Å²) in [5, 5.41) is 3.36. The van der Waals surface area contributed by atoms with Crippen LogP contribution in [-0.2, 0) is 6.54 Å². The van der Waals surface area contributed by atoms with Crippen LogP contribution in [0, 0.1) is 5.82 Å². The molecule has 0 amide bonds. The topological polar surface area (TPSA) is 49.0 Å². The highest BCUT2D eigenvalue weighted by Crippen LogP contribution is 2.41. The SMILES string of the molecule is COc1ccc([C@@H](C)NCc2cc(OC)c3c(c2)OCO3)cc1F. The molecule has 6 heteroatoms. The predicted molar refractivity (Wildman–Crippen MR) is 87.3 cm³/mol. The first-order valence-corrected chi connectivity index (χ1v) is 7.65. The van der Waals surface area contributed by atoms with Crippen molar-refractivity contribution in [3.8, 4) is 23.0 Å². The van der Waals surface area contributed by atoms with E-state index in [0.29, 0.717) is 23.8 Å². The number of hydrogen-bond acceptors (Lipinski definition) is 5. The molecule has 0 fully saturated rings. The van der Waals surface area contributed by atoms with Gasteiger partial charge in [0.15, 0.2) is 23.1 Å². The summed E-state index contributed by atoms with van der Waals surface area (Å²) < 4.78 is 34.9. The molecule has 2 aromatic carbocycles. The van der Waals surface area contributed by atoms with Gasteiger partial charge in [-0.3, -0.25) is 0 Å². The van der Waals surface area contributed by atoms with E-state index in [1.807, 2.05) is 25.1 Å². The smallest absolute Gasteiger partial charge is 0.231 e. The number of methoxy groups -OCH3 is 2. The summed E-state index contributed by atoms with van der Waals surface area (Å²) in [5.74, 6) is 1.82. The molecule has 0 aromatic heterocycles. The number of fused-ring (bicyclic) bond motifs is 1. The fraction of sp³-hybridized carbons (Fsp3) is 0.333. The van der Waals surface area contributed by atoms with Crippen LogP contribution in [0.3, 0.4) is 0 Å². The van der Waals surface area contributed by atoms with E-state index in [9.17, 15) is 4.39 Å². The van der Waals surface area contributed by atoms with Gasteiger partial charge in [0, 0.05) is 12.6 Å². The zero-order valence-corrected chi connectivity index (χ0v) is 13.9. The highest BCUT2D eigenvalue weighted by Gasteiger charge is 2.20. The molecule has 0 saturated heterocycles. The molecule has 128 valence electrons. The van der Waals surface area contributed by atoms with Gasteiger partial charge >= 0.3 is 0 Å². The lowest BCUT2D eigenvalue weighted by Gasteiger charge is -2.16. The predicted octanol–water partition coefficient (Wildman–Crippen LogP) is 3.42. The molecule has 1 aliphatic heterocycles. The minimum absolute atomic E-state index is 0.0261. The average Bonchev–Trinajstić information content (AvgIpc) is 3.07. The Hall–Kier alpha value is -2.47. The Morgan fingerprint density at radius 3 is 2.62 bits per heavy atom. The lowest BCUT2D eigenvalue weighted by molar-refractivity contribution is 0.171. The zero-order chi connectivity index (χ0) is 17.1. The molecule has 1 aliphatic rings. The number of ether oxygens (including phenoxy) is 4. The van der Waals surface area contributed by atoms with E-state index < -0.39 is 0 Å². The molecule has 5 nitrogen and oxygen atoms in total. The molecule has 0 aliphatic carbocycles. The van der Waals surface area contributed by atoms with E-state index in [1.165, 1.54) is 13.2 Å². The molecule has 3 rings (SSSR count). The number of nitrogens with one attached hydrogen (secondary N) is 1. The lowest BCUT2D eigenvalue weighted by Crippen LogP contribution is -2.18. The van der Waals surface area contributed by atoms with Crippen LogP contribution in [0.4, 0.5) is 4.39 Å². The van der Waals surface area contributed by atoms with Gasteiger partial charge in [0.25, 0.3) is 0 Å². The molecule has 0 unspecified atom stereocenters. The first kappa shape index (κ1) is 16.4. The van der Waals surface area contributed by atoms with Gasteiger partial charge in [-0.15, -0.1) is 0 Å². The van der Waals surface area contributed by atoms with Crippen molar-refractivity contribution < 1.29 is 23.3 Å². The molecule has 1 heterocycles. The number of halogens is 1. The second-order valence-corrected chi connectivity index (χ2v) is 5.53. The average molecular weight is 333 g/mol. The summed E-state index contributed by atoms with van der Waals surface area (Å²) in [6.45, 7) is 2.76. The van der Waals surface area contributed by atoms with Crippen molar-refractivity contribution in [2.75, 3.05) is 21.0 Å². The van der Waals surface area contributed by atoms with Crippen LogP contribution >= 0.6 is 0 Å². The minimum Gasteiger partial charge on any atom is -0.494 e. The Labute approximate surface area is 140 Å². The summed E-state index contributed by atoms with van der Waals surface area (Å²) in [6.07, 6.45) is 0. The second kappa shape index (κ2) is 6.97. The molecule has 0 radical (unpaired) electrons. The monoisotopic (exact) mass is 333 g/mol. The van der Waals surface area contributed by atoms with Gasteiger partial charge in [-0.2, -0.15) is 0 Å². The van der Waals surface area contributed by atoms with Crippen molar-refractivity contribution in [3.63, 3.8) is 0 Å². The first-order valence-electron chi connectivity index (χ1n) is 7.65. The standard InChI is InChI=1S/C18H20FNO4/c1-11(13-4-5-15(21-2)14(19)8-13)20-9-12-6-16(22-3)18-17(7-12)23-10-24-18/h4-8,11,20H,9-10H2,1-3H3/t11-/m1/s1. The Morgan fingerprint density at radius 1 is 1.12 bits per heavy atom. The Kier molecular flexibility index (Phi) is 4.76. The Morgan fingerprint density at radius 2 is 1.92 bits per heavy atom. The van der Waals surface area contributed by atoms with Crippen LogP contribution in [-0.4, -0.2) is 21.0 Å². The summed E-state index contributed by atoms with van der Waals surface area (Å²) >= 11 is 0. The van der Waals surface area contributed by atoms with Gasteiger partial charge in [-0.25, -0.2) is 4.39 Å². The van der Waals surface area contributed by atoms with Gasteiger partial charge in [0.05, 0.1) is 14.2 Å². The number of rotatable bonds is 6. The van der Waals surface area contributed by atoms with Crippen molar-refractivity contribution in [1.82, 2.24) is 5.32 Å². The highest BCUT2D eigenvalue weighted by molar-refractivity contribution is 5.55. The maximum absolute atomic E-state index is 13.8. The van der Waals surface area contributed by atoms with E-state index in [2.05, 4.69) is 5.32 Å². The van der Waals surface area contributed by atoms with Crippen molar-refractivity contribution in [2.24, 2.45) is 0 Å². The van der Waals surface area contributed by atoms with E-state index >= 15 is 0 Å². The maximum atomic E-state index is 13.8. The molecule has 1 N–H and O–H groups in total. The lowest BCUT2D eigenvalue weighted by atomic mass is 10.1. The third kappa shape index (κ3) is 3.23. The van der Waals surface area contributed by atoms with Gasteiger partial charge < -0.3 is 24.3 Å². The van der Waals surface area contributed by atoms with Crippen LogP contribution in [0.5, 0.6) is 23.0 Å². The molecule has 0 bridgehead atoms. The summed E-state index contributed by atoms with van der Waals surface area (Å²) in [5.41, 5.74) is 1.85. The summed E-state index contributed by atoms with van der Waals surface area (Å²) in [7, 11) is 3.05. The van der Waals surface area contributed by atoms with Crippen LogP contribution in [0.1, 0.15) is 24.1 Å². The van der Waals surface area contributed by atoms with E-state index in [1.54, 1.807) is 13.2 Å². The van der Waals surface area contributed by atoms with E-state index in [-0.39, 0.29) is 24.4 Å². The summed E-state index contributed by atoms with van der Waals surface area (Å²) in [4.78, 5) is 0. The van der Waals surface area contributed by atoms with Crippen molar-refractivity contribution in [2.45, 2.75) is 19.5 Å². The molecule has 0 spiro atoms. The largest absolute Gasteiger partial charge is 0.494 e. The van der Waals surface area contributed by atoms with Gasteiger partial charge in [-0.05, 0) is 42.3 Å². The highest BCUT2D eigenvalue weighted by atomic mass is 19.1. The van der Waals surface area contributed by atoms with E-state index in [0.717, 1.165) is 11.1 Å². The van der Waals surface area contributed by atoms with Crippen molar-refractivity contribution in [3.05, 3.63) is 47.3 Å². The minimum atomic E-state index is -0.367. The third-order valence-electron chi connectivity index (χ3n) is 4.01. The molecule has 24 heavy (non-hydrogen) atoms. The van der Waals surface area contributed by atoms with Crippen LogP contribution in [0.2, 0.25) is 0 Å². The molecular weight excluding hydrogens is 313 g/mol. The fourth-order valence-corrected chi connectivity index (χ4v) is 2.63. The second-order valence-electron chi connectivity index (χ2n) is 5.53. The number of hydrogen-bond donors (Lipinski definition) is 1. The molecule has 2 aromatic rings. The third-order valence-corrected chi connectivity index (χ3v) is 4.01. The molecule has 1 atom stereocenters. The van der Waals surface area contributed by atoms with Crippen molar-refractivity contribution >= 4 is 0 Å². The Balaban J connectivity index is 1.70. The molecule has 0 saturated carbocycles.